The minimum absolute atomic E-state index is 0.375. The molecule has 0 saturated carbocycles. The fourth-order valence-electron chi connectivity index (χ4n) is 2.64. The van der Waals surface area contributed by atoms with Crippen molar-refractivity contribution in [3.05, 3.63) is 16.3 Å². The van der Waals surface area contributed by atoms with Gasteiger partial charge >= 0.3 is 0 Å². The molecule has 0 fully saturated rings. The number of anilines is 1. The van der Waals surface area contributed by atoms with Crippen molar-refractivity contribution in [2.75, 3.05) is 11.9 Å². The van der Waals surface area contributed by atoms with Crippen LogP contribution in [0.1, 0.15) is 36.0 Å². The summed E-state index contributed by atoms with van der Waals surface area (Å²) in [6.07, 6.45) is 4.46. The predicted octanol–water partition coefficient (Wildman–Crippen LogP) is 2.67. The fourth-order valence-corrected chi connectivity index (χ4v) is 3.94. The topological polar surface area (TPSA) is 58.0 Å². The molecule has 2 aromatic heterocycles. The maximum absolute atomic E-state index is 9.44. The van der Waals surface area contributed by atoms with Crippen LogP contribution >= 0.6 is 11.3 Å². The van der Waals surface area contributed by atoms with Crippen molar-refractivity contribution >= 4 is 27.4 Å². The molecule has 5 heteroatoms. The van der Waals surface area contributed by atoms with Gasteiger partial charge in [-0.1, -0.05) is 0 Å². The standard InChI is InChI=1S/C14H19N3OS/c1-8(18)7-15-13-12-10-5-3-4-6-11(10)19-14(12)17-9(2)16-13/h8,18H,3-7H2,1-2H3,(H,15,16,17)/t8-/m0/s1. The molecular weight excluding hydrogens is 258 g/mol. The highest BCUT2D eigenvalue weighted by Gasteiger charge is 2.20. The van der Waals surface area contributed by atoms with Crippen molar-refractivity contribution in [3.63, 3.8) is 0 Å². The monoisotopic (exact) mass is 277 g/mol. The van der Waals surface area contributed by atoms with Crippen molar-refractivity contribution in [1.82, 2.24) is 9.97 Å². The maximum Gasteiger partial charge on any atom is 0.138 e. The number of nitrogens with zero attached hydrogens (tertiary/aromatic N) is 2. The van der Waals surface area contributed by atoms with Gasteiger partial charge in [-0.05, 0) is 45.1 Å². The van der Waals surface area contributed by atoms with Gasteiger partial charge in [0.2, 0.25) is 0 Å². The molecule has 0 aromatic carbocycles. The Hall–Kier alpha value is -1.20. The van der Waals surface area contributed by atoms with E-state index in [1.54, 1.807) is 6.92 Å². The van der Waals surface area contributed by atoms with E-state index in [0.717, 1.165) is 22.9 Å². The van der Waals surface area contributed by atoms with E-state index in [0.29, 0.717) is 6.54 Å². The van der Waals surface area contributed by atoms with Crippen molar-refractivity contribution in [2.24, 2.45) is 0 Å². The van der Waals surface area contributed by atoms with E-state index >= 15 is 0 Å². The van der Waals surface area contributed by atoms with E-state index < -0.39 is 0 Å². The highest BCUT2D eigenvalue weighted by molar-refractivity contribution is 7.19. The van der Waals surface area contributed by atoms with Crippen LogP contribution in [0.2, 0.25) is 0 Å². The summed E-state index contributed by atoms with van der Waals surface area (Å²) < 4.78 is 0. The first-order valence-electron chi connectivity index (χ1n) is 6.86. The van der Waals surface area contributed by atoms with Gasteiger partial charge in [-0.2, -0.15) is 0 Å². The average molecular weight is 277 g/mol. The Labute approximate surface area is 116 Å². The van der Waals surface area contributed by atoms with E-state index in [1.165, 1.54) is 35.1 Å². The molecule has 3 rings (SSSR count). The molecular formula is C14H19N3OS. The Bertz CT molecular complexity index is 606. The zero-order chi connectivity index (χ0) is 13.4. The number of aromatic nitrogens is 2. The molecule has 2 heterocycles. The van der Waals surface area contributed by atoms with E-state index in [2.05, 4.69) is 15.3 Å². The Kier molecular flexibility index (Phi) is 3.41. The molecule has 0 spiro atoms. The first-order valence-corrected chi connectivity index (χ1v) is 7.67. The van der Waals surface area contributed by atoms with Crippen molar-refractivity contribution in [2.45, 2.75) is 45.6 Å². The second-order valence-electron chi connectivity index (χ2n) is 5.24. The molecule has 2 N–H and O–H groups in total. The SMILES string of the molecule is Cc1nc(NC[C@H](C)O)c2c3c(sc2n1)CCCC3. The fraction of sp³-hybridized carbons (Fsp3) is 0.571. The molecule has 0 aliphatic heterocycles. The lowest BCUT2D eigenvalue weighted by atomic mass is 9.97. The number of nitrogens with one attached hydrogen (secondary N) is 1. The number of thiophene rings is 1. The molecule has 0 bridgehead atoms. The lowest BCUT2D eigenvalue weighted by Gasteiger charge is -2.13. The van der Waals surface area contributed by atoms with Crippen molar-refractivity contribution in [3.8, 4) is 0 Å². The minimum Gasteiger partial charge on any atom is -0.392 e. The number of hydrogen-bond donors (Lipinski definition) is 2. The lowest BCUT2D eigenvalue weighted by Crippen LogP contribution is -2.16. The largest absolute Gasteiger partial charge is 0.392 e. The van der Waals surface area contributed by atoms with Gasteiger partial charge < -0.3 is 10.4 Å². The molecule has 1 aliphatic carbocycles. The zero-order valence-electron chi connectivity index (χ0n) is 11.4. The Morgan fingerprint density at radius 2 is 2.11 bits per heavy atom. The van der Waals surface area contributed by atoms with Gasteiger partial charge in [0.15, 0.2) is 0 Å². The van der Waals surface area contributed by atoms with Crippen LogP contribution in [0.15, 0.2) is 0 Å². The van der Waals surface area contributed by atoms with Gasteiger partial charge in [0.25, 0.3) is 0 Å². The highest BCUT2D eigenvalue weighted by Crippen LogP contribution is 2.38. The third-order valence-corrected chi connectivity index (χ3v) is 4.68. The third-order valence-electron chi connectivity index (χ3n) is 3.49. The second kappa shape index (κ2) is 5.06. The molecule has 1 aliphatic rings. The number of rotatable bonds is 3. The first kappa shape index (κ1) is 12.8. The molecule has 19 heavy (non-hydrogen) atoms. The summed E-state index contributed by atoms with van der Waals surface area (Å²) in [5.41, 5.74) is 1.43. The predicted molar refractivity (Wildman–Crippen MR) is 79.0 cm³/mol. The molecule has 2 aromatic rings. The Balaban J connectivity index is 2.10. The molecule has 102 valence electrons. The van der Waals surface area contributed by atoms with Gasteiger partial charge in [-0.15, -0.1) is 11.3 Å². The van der Waals surface area contributed by atoms with E-state index in [1.807, 2.05) is 18.3 Å². The summed E-state index contributed by atoms with van der Waals surface area (Å²) in [6, 6.07) is 0. The average Bonchev–Trinajstić information content (AvgIpc) is 2.73. The summed E-state index contributed by atoms with van der Waals surface area (Å²) in [4.78, 5) is 11.7. The Morgan fingerprint density at radius 1 is 1.32 bits per heavy atom. The number of aliphatic hydroxyl groups excluding tert-OH is 1. The van der Waals surface area contributed by atoms with Gasteiger partial charge in [0.05, 0.1) is 11.5 Å². The smallest absolute Gasteiger partial charge is 0.138 e. The third kappa shape index (κ3) is 2.44. The van der Waals surface area contributed by atoms with Crippen LogP contribution in [-0.2, 0) is 12.8 Å². The van der Waals surface area contributed by atoms with Crippen LogP contribution in [0, 0.1) is 6.92 Å². The minimum atomic E-state index is -0.375. The van der Waals surface area contributed by atoms with Crippen LogP contribution in [0.25, 0.3) is 10.2 Å². The van der Waals surface area contributed by atoms with Crippen molar-refractivity contribution in [1.29, 1.82) is 0 Å². The number of hydrogen-bond acceptors (Lipinski definition) is 5. The molecule has 4 nitrogen and oxygen atoms in total. The van der Waals surface area contributed by atoms with Gasteiger partial charge in [-0.25, -0.2) is 9.97 Å². The molecule has 0 saturated heterocycles. The van der Waals surface area contributed by atoms with Gasteiger partial charge in [0, 0.05) is 11.4 Å². The summed E-state index contributed by atoms with van der Waals surface area (Å²) in [7, 11) is 0. The summed E-state index contributed by atoms with van der Waals surface area (Å²) >= 11 is 1.81. The first-order chi connectivity index (χ1) is 9.15. The van der Waals surface area contributed by atoms with E-state index in [9.17, 15) is 5.11 Å². The second-order valence-corrected chi connectivity index (χ2v) is 6.32. The van der Waals surface area contributed by atoms with E-state index in [-0.39, 0.29) is 6.10 Å². The quantitative estimate of drug-likeness (QED) is 0.905. The van der Waals surface area contributed by atoms with Crippen molar-refractivity contribution < 1.29 is 5.11 Å². The molecule has 0 amide bonds. The highest BCUT2D eigenvalue weighted by atomic mass is 32.1. The van der Waals surface area contributed by atoms with Crippen LogP contribution in [0.3, 0.4) is 0 Å². The number of aliphatic hydroxyl groups is 1. The molecule has 0 unspecified atom stereocenters. The van der Waals surface area contributed by atoms with Gasteiger partial charge in [0.1, 0.15) is 16.5 Å². The molecule has 1 atom stereocenters. The molecule has 0 radical (unpaired) electrons. The van der Waals surface area contributed by atoms with E-state index in [4.69, 9.17) is 0 Å². The summed E-state index contributed by atoms with van der Waals surface area (Å²) in [6.45, 7) is 4.23. The number of fused-ring (bicyclic) bond motifs is 3. The van der Waals surface area contributed by atoms with Crippen LogP contribution < -0.4 is 5.32 Å². The Morgan fingerprint density at radius 3 is 2.89 bits per heavy atom. The normalized spacial score (nSPS) is 16.4. The maximum atomic E-state index is 9.44. The van der Waals surface area contributed by atoms with Crippen LogP contribution in [-0.4, -0.2) is 27.7 Å². The lowest BCUT2D eigenvalue weighted by molar-refractivity contribution is 0.208. The van der Waals surface area contributed by atoms with Crippen LogP contribution in [0.4, 0.5) is 5.82 Å². The zero-order valence-corrected chi connectivity index (χ0v) is 12.2. The van der Waals surface area contributed by atoms with Gasteiger partial charge in [-0.3, -0.25) is 0 Å². The number of aryl methyl sites for hydroxylation is 3. The van der Waals surface area contributed by atoms with Crippen LogP contribution in [0.5, 0.6) is 0 Å². The summed E-state index contributed by atoms with van der Waals surface area (Å²) in [5, 5.41) is 13.9. The summed E-state index contributed by atoms with van der Waals surface area (Å²) in [5.74, 6) is 1.68.